The molecule has 0 aliphatic rings. The van der Waals surface area contributed by atoms with Gasteiger partial charge in [0.15, 0.2) is 0 Å². The monoisotopic (exact) mass is 336 g/mol. The molecule has 0 saturated carbocycles. The molecule has 0 saturated heterocycles. The Morgan fingerprint density at radius 1 is 1.20 bits per heavy atom. The first-order chi connectivity index (χ1) is 12.1. The van der Waals surface area contributed by atoms with Gasteiger partial charge in [-0.05, 0) is 32.0 Å². The van der Waals surface area contributed by atoms with Gasteiger partial charge in [0.05, 0.1) is 12.7 Å². The third kappa shape index (κ3) is 5.40. The van der Waals surface area contributed by atoms with Gasteiger partial charge < -0.3 is 14.8 Å². The van der Waals surface area contributed by atoms with Crippen molar-refractivity contribution in [1.29, 1.82) is 5.26 Å². The van der Waals surface area contributed by atoms with Crippen molar-refractivity contribution in [3.63, 3.8) is 0 Å². The SMILES string of the molecule is CCOC(=O)/C=C(\C)N[C@@H](C#N)c1ccccc1Oc1ccccc1. The highest BCUT2D eigenvalue weighted by atomic mass is 16.5. The Morgan fingerprint density at radius 3 is 2.56 bits per heavy atom. The van der Waals surface area contributed by atoms with E-state index in [-0.39, 0.29) is 0 Å². The summed E-state index contributed by atoms with van der Waals surface area (Å²) in [4.78, 5) is 11.5. The minimum Gasteiger partial charge on any atom is -0.463 e. The summed E-state index contributed by atoms with van der Waals surface area (Å²) in [6.07, 6.45) is 1.33. The van der Waals surface area contributed by atoms with E-state index in [9.17, 15) is 10.1 Å². The summed E-state index contributed by atoms with van der Waals surface area (Å²) in [5.74, 6) is 0.820. The number of carbonyl (C=O) groups excluding carboxylic acids is 1. The number of para-hydroxylation sites is 2. The molecule has 5 nitrogen and oxygen atoms in total. The van der Waals surface area contributed by atoms with E-state index in [1.165, 1.54) is 6.08 Å². The number of carbonyl (C=O) groups is 1. The quantitative estimate of drug-likeness (QED) is 0.609. The Hall–Kier alpha value is -3.26. The van der Waals surface area contributed by atoms with E-state index >= 15 is 0 Å². The molecule has 0 aromatic heterocycles. The molecule has 2 rings (SSSR count). The summed E-state index contributed by atoms with van der Waals surface area (Å²) in [5, 5.41) is 12.6. The van der Waals surface area contributed by atoms with Crippen LogP contribution < -0.4 is 10.1 Å². The van der Waals surface area contributed by atoms with E-state index in [1.807, 2.05) is 48.5 Å². The van der Waals surface area contributed by atoms with Gasteiger partial charge >= 0.3 is 5.97 Å². The van der Waals surface area contributed by atoms with Gasteiger partial charge in [-0.3, -0.25) is 0 Å². The Balaban J connectivity index is 2.21. The second-order valence-electron chi connectivity index (χ2n) is 5.24. The van der Waals surface area contributed by atoms with E-state index < -0.39 is 12.0 Å². The summed E-state index contributed by atoms with van der Waals surface area (Å²) in [6.45, 7) is 3.75. The maximum atomic E-state index is 11.5. The zero-order valence-corrected chi connectivity index (χ0v) is 14.2. The predicted molar refractivity (Wildman–Crippen MR) is 94.8 cm³/mol. The van der Waals surface area contributed by atoms with E-state index in [4.69, 9.17) is 9.47 Å². The molecule has 128 valence electrons. The highest BCUT2D eigenvalue weighted by Gasteiger charge is 2.16. The first-order valence-corrected chi connectivity index (χ1v) is 7.97. The smallest absolute Gasteiger partial charge is 0.332 e. The van der Waals surface area contributed by atoms with Crippen LogP contribution in [0.5, 0.6) is 11.5 Å². The summed E-state index contributed by atoms with van der Waals surface area (Å²) < 4.78 is 10.8. The molecular weight excluding hydrogens is 316 g/mol. The zero-order valence-electron chi connectivity index (χ0n) is 14.2. The van der Waals surface area contributed by atoms with Crippen LogP contribution in [0, 0.1) is 11.3 Å². The lowest BCUT2D eigenvalue weighted by Gasteiger charge is -2.17. The van der Waals surface area contributed by atoms with Gasteiger partial charge in [0, 0.05) is 17.3 Å². The molecule has 2 aromatic rings. The summed E-state index contributed by atoms with van der Waals surface area (Å²) in [6, 6.07) is 18.2. The second kappa shape index (κ2) is 9.14. The molecule has 0 radical (unpaired) electrons. The number of nitriles is 1. The normalized spacial score (nSPS) is 12.0. The van der Waals surface area contributed by atoms with Crippen molar-refractivity contribution in [3.05, 3.63) is 71.9 Å². The summed E-state index contributed by atoms with van der Waals surface area (Å²) >= 11 is 0. The fraction of sp³-hybridized carbons (Fsp3) is 0.200. The topological polar surface area (TPSA) is 71.3 Å². The number of benzene rings is 2. The number of hydrogen-bond donors (Lipinski definition) is 1. The minimum atomic E-state index is -0.661. The van der Waals surface area contributed by atoms with Crippen molar-refractivity contribution in [3.8, 4) is 17.6 Å². The van der Waals surface area contributed by atoms with Crippen LogP contribution in [0.2, 0.25) is 0 Å². The Kier molecular flexibility index (Phi) is 6.61. The van der Waals surface area contributed by atoms with Crippen molar-refractivity contribution in [2.24, 2.45) is 0 Å². The number of esters is 1. The molecule has 0 spiro atoms. The summed E-state index contributed by atoms with van der Waals surface area (Å²) in [7, 11) is 0. The van der Waals surface area contributed by atoms with E-state index in [2.05, 4.69) is 11.4 Å². The highest BCUT2D eigenvalue weighted by Crippen LogP contribution is 2.29. The lowest BCUT2D eigenvalue weighted by atomic mass is 10.1. The molecular formula is C20H20N2O3. The van der Waals surface area contributed by atoms with Crippen LogP contribution in [0.25, 0.3) is 0 Å². The maximum Gasteiger partial charge on any atom is 0.332 e. The molecule has 0 fully saturated rings. The minimum absolute atomic E-state index is 0.304. The average Bonchev–Trinajstić information content (AvgIpc) is 2.61. The molecule has 0 bridgehead atoms. The van der Waals surface area contributed by atoms with Crippen molar-refractivity contribution >= 4 is 5.97 Å². The van der Waals surface area contributed by atoms with Gasteiger partial charge in [-0.2, -0.15) is 5.26 Å². The number of hydrogen-bond acceptors (Lipinski definition) is 5. The second-order valence-corrected chi connectivity index (χ2v) is 5.24. The van der Waals surface area contributed by atoms with Crippen LogP contribution in [-0.4, -0.2) is 12.6 Å². The largest absolute Gasteiger partial charge is 0.463 e. The molecule has 25 heavy (non-hydrogen) atoms. The van der Waals surface area contributed by atoms with Crippen molar-refractivity contribution < 1.29 is 14.3 Å². The molecule has 0 aliphatic carbocycles. The van der Waals surface area contributed by atoms with E-state index in [0.29, 0.717) is 29.4 Å². The third-order valence-corrected chi connectivity index (χ3v) is 3.32. The molecule has 2 aromatic carbocycles. The number of ether oxygens (including phenoxy) is 2. The van der Waals surface area contributed by atoms with Crippen LogP contribution in [0.1, 0.15) is 25.5 Å². The lowest BCUT2D eigenvalue weighted by Crippen LogP contribution is -2.19. The molecule has 1 atom stereocenters. The number of rotatable bonds is 7. The van der Waals surface area contributed by atoms with Crippen molar-refractivity contribution in [1.82, 2.24) is 5.32 Å². The van der Waals surface area contributed by atoms with Gasteiger partial charge in [-0.25, -0.2) is 4.79 Å². The molecule has 5 heteroatoms. The molecule has 0 heterocycles. The fourth-order valence-corrected chi connectivity index (χ4v) is 2.24. The molecule has 1 N–H and O–H groups in total. The summed E-state index contributed by atoms with van der Waals surface area (Å²) in [5.41, 5.74) is 1.23. The zero-order chi connectivity index (χ0) is 18.1. The maximum absolute atomic E-state index is 11.5. The van der Waals surface area contributed by atoms with Gasteiger partial charge in [-0.1, -0.05) is 36.4 Å². The van der Waals surface area contributed by atoms with E-state index in [1.54, 1.807) is 19.9 Å². The standard InChI is InChI=1S/C20H20N2O3/c1-3-24-20(23)13-15(2)22-18(14-21)17-11-7-8-12-19(17)25-16-9-5-4-6-10-16/h4-13,18,22H,3H2,1-2H3/b15-13+/t18-/m0/s1. The average molecular weight is 336 g/mol. The third-order valence-electron chi connectivity index (χ3n) is 3.32. The van der Waals surface area contributed by atoms with Gasteiger partial charge in [0.2, 0.25) is 0 Å². The van der Waals surface area contributed by atoms with Crippen LogP contribution in [-0.2, 0) is 9.53 Å². The van der Waals surface area contributed by atoms with Gasteiger partial charge in [-0.15, -0.1) is 0 Å². The Labute approximate surface area is 147 Å². The Bertz CT molecular complexity index is 779. The van der Waals surface area contributed by atoms with Gasteiger partial charge in [0.25, 0.3) is 0 Å². The fourth-order valence-electron chi connectivity index (χ4n) is 2.24. The first-order valence-electron chi connectivity index (χ1n) is 7.97. The Morgan fingerprint density at radius 2 is 1.88 bits per heavy atom. The molecule has 0 unspecified atom stereocenters. The van der Waals surface area contributed by atoms with Crippen molar-refractivity contribution in [2.45, 2.75) is 19.9 Å². The molecule has 0 aliphatic heterocycles. The van der Waals surface area contributed by atoms with Gasteiger partial charge in [0.1, 0.15) is 17.5 Å². The van der Waals surface area contributed by atoms with Crippen LogP contribution >= 0.6 is 0 Å². The first kappa shape index (κ1) is 18.1. The number of nitrogens with zero attached hydrogens (tertiary/aromatic N) is 1. The number of nitrogens with one attached hydrogen (secondary N) is 1. The lowest BCUT2D eigenvalue weighted by molar-refractivity contribution is -0.137. The van der Waals surface area contributed by atoms with E-state index in [0.717, 1.165) is 0 Å². The van der Waals surface area contributed by atoms with Crippen molar-refractivity contribution in [2.75, 3.05) is 6.61 Å². The highest BCUT2D eigenvalue weighted by molar-refractivity contribution is 5.82. The van der Waals surface area contributed by atoms with Crippen LogP contribution in [0.4, 0.5) is 0 Å². The van der Waals surface area contributed by atoms with Crippen LogP contribution in [0.3, 0.4) is 0 Å². The number of allylic oxidation sites excluding steroid dienone is 1. The predicted octanol–water partition coefficient (Wildman–Crippen LogP) is 4.10. The molecule has 0 amide bonds. The van der Waals surface area contributed by atoms with Crippen LogP contribution in [0.15, 0.2) is 66.4 Å².